The number of H-pyrrole nitrogens is 1. The Morgan fingerprint density at radius 1 is 1.50 bits per heavy atom. The number of carboxylic acid groups (broad SMARTS) is 1. The second-order valence-corrected chi connectivity index (χ2v) is 3.87. The number of nitrogen functional groups attached to an aromatic ring is 1. The minimum atomic E-state index is -1.08. The van der Waals surface area contributed by atoms with Gasteiger partial charge < -0.3 is 15.8 Å². The molecule has 82 valence electrons. The molecule has 7 heteroatoms. The highest BCUT2D eigenvalue weighted by molar-refractivity contribution is 7.99. The summed E-state index contributed by atoms with van der Waals surface area (Å²) in [5.74, 6) is -1.08. The molecule has 0 aliphatic rings. The number of imidazole rings is 1. The van der Waals surface area contributed by atoms with Gasteiger partial charge in [-0.3, -0.25) is 0 Å². The lowest BCUT2D eigenvalue weighted by atomic mass is 10.3. The van der Waals surface area contributed by atoms with Crippen LogP contribution in [0.4, 0.5) is 5.69 Å². The van der Waals surface area contributed by atoms with E-state index in [-0.39, 0.29) is 5.69 Å². The largest absolute Gasteiger partial charge is 0.477 e. The van der Waals surface area contributed by atoms with E-state index in [9.17, 15) is 4.79 Å². The maximum Gasteiger partial charge on any atom is 0.354 e. The van der Waals surface area contributed by atoms with Crippen LogP contribution in [0.5, 0.6) is 0 Å². The van der Waals surface area contributed by atoms with Crippen LogP contribution < -0.4 is 5.73 Å². The van der Waals surface area contributed by atoms with Gasteiger partial charge in [-0.2, -0.15) is 0 Å². The molecule has 0 saturated heterocycles. The number of nitrogens with one attached hydrogen (secondary N) is 1. The molecule has 0 bridgehead atoms. The number of hydrogen-bond acceptors (Lipinski definition) is 5. The summed E-state index contributed by atoms with van der Waals surface area (Å²) in [5, 5.41) is 9.83. The van der Waals surface area contributed by atoms with Crippen molar-refractivity contribution in [3.8, 4) is 0 Å². The van der Waals surface area contributed by atoms with E-state index in [0.29, 0.717) is 15.9 Å². The van der Waals surface area contributed by atoms with Crippen molar-refractivity contribution in [2.24, 2.45) is 0 Å². The van der Waals surface area contributed by atoms with Gasteiger partial charge in [0.15, 0.2) is 5.16 Å². The Bertz CT molecular complexity index is 512. The first-order chi connectivity index (χ1) is 7.66. The van der Waals surface area contributed by atoms with E-state index < -0.39 is 5.97 Å². The van der Waals surface area contributed by atoms with Crippen molar-refractivity contribution in [2.75, 3.05) is 5.73 Å². The Morgan fingerprint density at radius 2 is 2.31 bits per heavy atom. The molecule has 16 heavy (non-hydrogen) atoms. The molecule has 0 radical (unpaired) electrons. The topological polar surface area (TPSA) is 105 Å². The Hall–Kier alpha value is -2.02. The first-order valence-electron chi connectivity index (χ1n) is 4.34. The number of hydrogen-bond donors (Lipinski definition) is 3. The van der Waals surface area contributed by atoms with Gasteiger partial charge in [-0.1, -0.05) is 0 Å². The molecule has 2 aromatic heterocycles. The molecule has 6 nitrogen and oxygen atoms in total. The number of nitrogens with two attached hydrogens (primary N) is 1. The molecule has 2 rings (SSSR count). The van der Waals surface area contributed by atoms with E-state index in [1.54, 1.807) is 12.4 Å². The second-order valence-electron chi connectivity index (χ2n) is 2.89. The second kappa shape index (κ2) is 4.23. The van der Waals surface area contributed by atoms with Crippen molar-refractivity contribution in [3.05, 3.63) is 30.2 Å². The minimum Gasteiger partial charge on any atom is -0.477 e. The van der Waals surface area contributed by atoms with E-state index in [4.69, 9.17) is 10.8 Å². The maximum absolute atomic E-state index is 10.7. The number of carbonyl (C=O) groups is 1. The third-order valence-corrected chi connectivity index (χ3v) is 2.71. The lowest BCUT2D eigenvalue weighted by molar-refractivity contribution is 0.0690. The maximum atomic E-state index is 10.7. The van der Waals surface area contributed by atoms with Gasteiger partial charge in [0.25, 0.3) is 0 Å². The molecule has 0 aromatic carbocycles. The molecule has 0 fully saturated rings. The molecular weight excluding hydrogens is 228 g/mol. The van der Waals surface area contributed by atoms with E-state index in [0.717, 1.165) is 0 Å². The van der Waals surface area contributed by atoms with E-state index in [1.807, 2.05) is 0 Å². The van der Waals surface area contributed by atoms with Crippen molar-refractivity contribution in [3.63, 3.8) is 0 Å². The Labute approximate surface area is 94.9 Å². The van der Waals surface area contributed by atoms with Gasteiger partial charge in [-0.05, 0) is 23.9 Å². The molecule has 0 saturated carbocycles. The van der Waals surface area contributed by atoms with Crippen molar-refractivity contribution in [1.29, 1.82) is 0 Å². The van der Waals surface area contributed by atoms with Gasteiger partial charge in [-0.15, -0.1) is 0 Å². The number of aromatic carboxylic acids is 1. The van der Waals surface area contributed by atoms with Crippen LogP contribution in [0.25, 0.3) is 0 Å². The molecule has 0 amide bonds. The summed E-state index contributed by atoms with van der Waals surface area (Å²) >= 11 is 1.19. The zero-order valence-electron chi connectivity index (χ0n) is 8.04. The number of aromatic amines is 1. The van der Waals surface area contributed by atoms with Crippen molar-refractivity contribution in [2.45, 2.75) is 10.2 Å². The highest BCUT2D eigenvalue weighted by atomic mass is 32.2. The SMILES string of the molecule is Nc1ccc(C(=O)O)nc1Sc1ncc[nH]1. The van der Waals surface area contributed by atoms with Gasteiger partial charge in [0, 0.05) is 12.4 Å². The Kier molecular flexibility index (Phi) is 2.78. The number of carboxylic acids is 1. The molecule has 0 aliphatic carbocycles. The lowest BCUT2D eigenvalue weighted by Gasteiger charge is -2.03. The summed E-state index contributed by atoms with van der Waals surface area (Å²) in [6.07, 6.45) is 3.26. The highest BCUT2D eigenvalue weighted by Crippen LogP contribution is 2.27. The zero-order valence-corrected chi connectivity index (χ0v) is 8.86. The Balaban J connectivity index is 2.32. The van der Waals surface area contributed by atoms with Gasteiger partial charge >= 0.3 is 5.97 Å². The zero-order chi connectivity index (χ0) is 11.5. The summed E-state index contributed by atoms with van der Waals surface area (Å²) < 4.78 is 0. The minimum absolute atomic E-state index is 0.0387. The van der Waals surface area contributed by atoms with E-state index in [2.05, 4.69) is 15.0 Å². The molecule has 0 aliphatic heterocycles. The van der Waals surface area contributed by atoms with Gasteiger partial charge in [0.2, 0.25) is 0 Å². The van der Waals surface area contributed by atoms with Crippen LogP contribution in [0, 0.1) is 0 Å². The van der Waals surface area contributed by atoms with E-state index >= 15 is 0 Å². The quantitative estimate of drug-likeness (QED) is 0.740. The van der Waals surface area contributed by atoms with Gasteiger partial charge in [0.05, 0.1) is 5.69 Å². The van der Waals surface area contributed by atoms with Crippen molar-refractivity contribution in [1.82, 2.24) is 15.0 Å². The predicted molar refractivity (Wildman–Crippen MR) is 58.3 cm³/mol. The first kappa shape index (κ1) is 10.5. The third-order valence-electron chi connectivity index (χ3n) is 1.78. The van der Waals surface area contributed by atoms with Crippen LogP contribution in [-0.2, 0) is 0 Å². The average molecular weight is 236 g/mol. The van der Waals surface area contributed by atoms with Crippen molar-refractivity contribution < 1.29 is 9.90 Å². The number of anilines is 1. The molecule has 4 N–H and O–H groups in total. The van der Waals surface area contributed by atoms with Crippen LogP contribution in [0.1, 0.15) is 10.5 Å². The lowest BCUT2D eigenvalue weighted by Crippen LogP contribution is -2.02. The average Bonchev–Trinajstić information content (AvgIpc) is 2.73. The molecule has 2 heterocycles. The number of pyridine rings is 1. The fraction of sp³-hybridized carbons (Fsp3) is 0. The van der Waals surface area contributed by atoms with Crippen molar-refractivity contribution >= 4 is 23.4 Å². The van der Waals surface area contributed by atoms with Gasteiger partial charge in [-0.25, -0.2) is 14.8 Å². The van der Waals surface area contributed by atoms with Crippen LogP contribution in [0.3, 0.4) is 0 Å². The van der Waals surface area contributed by atoms with Crippen LogP contribution in [0.15, 0.2) is 34.7 Å². The smallest absolute Gasteiger partial charge is 0.354 e. The normalized spacial score (nSPS) is 10.2. The van der Waals surface area contributed by atoms with E-state index in [1.165, 1.54) is 23.9 Å². The summed E-state index contributed by atoms with van der Waals surface area (Å²) in [7, 11) is 0. The highest BCUT2D eigenvalue weighted by Gasteiger charge is 2.10. The number of aromatic nitrogens is 3. The molecule has 2 aromatic rings. The first-order valence-corrected chi connectivity index (χ1v) is 5.15. The van der Waals surface area contributed by atoms with Crippen LogP contribution in [-0.4, -0.2) is 26.0 Å². The predicted octanol–water partition coefficient (Wildman–Crippen LogP) is 1.24. The van der Waals surface area contributed by atoms with Gasteiger partial charge in [0.1, 0.15) is 10.7 Å². The monoisotopic (exact) mass is 236 g/mol. The summed E-state index contributed by atoms with van der Waals surface area (Å²) in [5.41, 5.74) is 6.07. The number of rotatable bonds is 3. The number of nitrogens with zero attached hydrogens (tertiary/aromatic N) is 2. The van der Waals surface area contributed by atoms with Crippen LogP contribution in [0.2, 0.25) is 0 Å². The summed E-state index contributed by atoms with van der Waals surface area (Å²) in [4.78, 5) is 21.5. The molecular formula is C9H8N4O2S. The Morgan fingerprint density at radius 3 is 2.94 bits per heavy atom. The summed E-state index contributed by atoms with van der Waals surface area (Å²) in [6.45, 7) is 0. The molecule has 0 unspecified atom stereocenters. The third kappa shape index (κ3) is 2.14. The molecule has 0 spiro atoms. The molecule has 0 atom stereocenters. The standard InChI is InChI=1S/C9H8N4O2S/c10-5-1-2-6(8(14)15)13-7(5)16-9-11-3-4-12-9/h1-4H,10H2,(H,11,12)(H,14,15). The fourth-order valence-electron chi connectivity index (χ4n) is 1.05. The van der Waals surface area contributed by atoms with Crippen LogP contribution >= 0.6 is 11.8 Å². The fourth-order valence-corrected chi connectivity index (χ4v) is 1.80. The summed E-state index contributed by atoms with van der Waals surface area (Å²) in [6, 6.07) is 2.88.